The SMILES string of the molecule is C#CCNC(=O)c1cncc(-c2cc(C)c3c(n2)C(C)N(c2cnn(CCl)c2)C3=O)c1. The second kappa shape index (κ2) is 8.20. The number of aromatic nitrogens is 4. The van der Waals surface area contributed by atoms with Gasteiger partial charge >= 0.3 is 0 Å². The van der Waals surface area contributed by atoms with Crippen LogP contribution in [-0.2, 0) is 6.00 Å². The number of anilines is 1. The topological polar surface area (TPSA) is 93.0 Å². The van der Waals surface area contributed by atoms with Crippen LogP contribution in [0.3, 0.4) is 0 Å². The minimum Gasteiger partial charge on any atom is -0.341 e. The zero-order chi connectivity index (χ0) is 22.1. The third-order valence-corrected chi connectivity index (χ3v) is 5.37. The average molecular weight is 435 g/mol. The van der Waals surface area contributed by atoms with Gasteiger partial charge in [-0.2, -0.15) is 5.10 Å². The summed E-state index contributed by atoms with van der Waals surface area (Å²) in [5.41, 5.74) is 4.39. The summed E-state index contributed by atoms with van der Waals surface area (Å²) in [5, 5.41) is 6.78. The molecule has 9 heteroatoms. The number of pyridine rings is 2. The highest BCUT2D eigenvalue weighted by molar-refractivity contribution is 6.15. The quantitative estimate of drug-likeness (QED) is 0.492. The Labute approximate surface area is 184 Å². The summed E-state index contributed by atoms with van der Waals surface area (Å²) in [6, 6.07) is 3.44. The Kier molecular flexibility index (Phi) is 5.44. The predicted octanol–water partition coefficient (Wildman–Crippen LogP) is 2.93. The van der Waals surface area contributed by atoms with Crippen molar-refractivity contribution in [2.24, 2.45) is 0 Å². The lowest BCUT2D eigenvalue weighted by Crippen LogP contribution is -2.26. The Morgan fingerprint density at radius 3 is 2.84 bits per heavy atom. The molecule has 1 aliphatic rings. The lowest BCUT2D eigenvalue weighted by atomic mass is 10.0. The van der Waals surface area contributed by atoms with E-state index in [4.69, 9.17) is 23.0 Å². The molecule has 156 valence electrons. The minimum atomic E-state index is -0.309. The molecular formula is C22H19ClN6O2. The number of hydrogen-bond donors (Lipinski definition) is 1. The van der Waals surface area contributed by atoms with Gasteiger partial charge in [0.05, 0.1) is 53.2 Å². The van der Waals surface area contributed by atoms with Crippen LogP contribution in [0.1, 0.15) is 44.9 Å². The minimum absolute atomic E-state index is 0.131. The van der Waals surface area contributed by atoms with Crippen molar-refractivity contribution in [2.45, 2.75) is 25.9 Å². The molecule has 0 bridgehead atoms. The van der Waals surface area contributed by atoms with Gasteiger partial charge in [-0.1, -0.05) is 5.92 Å². The lowest BCUT2D eigenvalue weighted by molar-refractivity contribution is 0.0956. The molecule has 0 saturated carbocycles. The number of aryl methyl sites for hydroxylation is 1. The number of carbonyl (C=O) groups excluding carboxylic acids is 2. The maximum atomic E-state index is 13.2. The number of rotatable bonds is 5. The Morgan fingerprint density at radius 1 is 1.32 bits per heavy atom. The van der Waals surface area contributed by atoms with E-state index < -0.39 is 0 Å². The maximum Gasteiger partial charge on any atom is 0.261 e. The summed E-state index contributed by atoms with van der Waals surface area (Å²) in [6.07, 6.45) is 11.6. The first kappa shape index (κ1) is 20.6. The second-order valence-electron chi connectivity index (χ2n) is 7.14. The number of amides is 2. The van der Waals surface area contributed by atoms with E-state index in [1.807, 2.05) is 19.9 Å². The Hall–Kier alpha value is -3.70. The molecule has 1 aliphatic heterocycles. The highest BCUT2D eigenvalue weighted by Gasteiger charge is 2.38. The molecule has 0 aliphatic carbocycles. The van der Waals surface area contributed by atoms with Gasteiger partial charge in [-0.25, -0.2) is 4.98 Å². The normalized spacial score (nSPS) is 15.0. The number of terminal acetylenes is 1. The molecule has 4 heterocycles. The van der Waals surface area contributed by atoms with Crippen LogP contribution in [0, 0.1) is 19.3 Å². The van der Waals surface area contributed by atoms with Crippen LogP contribution in [0.4, 0.5) is 5.69 Å². The monoisotopic (exact) mass is 434 g/mol. The first-order chi connectivity index (χ1) is 14.9. The summed E-state index contributed by atoms with van der Waals surface area (Å²) in [7, 11) is 0. The molecule has 4 rings (SSSR count). The van der Waals surface area contributed by atoms with Gasteiger partial charge in [0, 0.05) is 18.0 Å². The number of fused-ring (bicyclic) bond motifs is 1. The first-order valence-corrected chi connectivity index (χ1v) is 10.1. The fraction of sp³-hybridized carbons (Fsp3) is 0.227. The molecule has 0 saturated heterocycles. The van der Waals surface area contributed by atoms with Crippen LogP contribution in [-0.4, -0.2) is 38.1 Å². The average Bonchev–Trinajstić information content (AvgIpc) is 3.34. The Balaban J connectivity index is 1.71. The molecule has 3 aromatic heterocycles. The lowest BCUT2D eigenvalue weighted by Gasteiger charge is -2.19. The van der Waals surface area contributed by atoms with Crippen molar-refractivity contribution in [3.63, 3.8) is 0 Å². The zero-order valence-corrected chi connectivity index (χ0v) is 17.7. The number of hydrogen-bond acceptors (Lipinski definition) is 5. The number of alkyl halides is 1. The molecule has 0 spiro atoms. The van der Waals surface area contributed by atoms with Crippen LogP contribution in [0.25, 0.3) is 11.3 Å². The van der Waals surface area contributed by atoms with Crippen molar-refractivity contribution in [3.05, 3.63) is 59.3 Å². The van der Waals surface area contributed by atoms with Crippen LogP contribution >= 0.6 is 11.6 Å². The van der Waals surface area contributed by atoms with E-state index in [0.29, 0.717) is 33.8 Å². The number of carbonyl (C=O) groups is 2. The molecule has 0 radical (unpaired) electrons. The maximum absolute atomic E-state index is 13.2. The third kappa shape index (κ3) is 3.64. The predicted molar refractivity (Wildman–Crippen MR) is 117 cm³/mol. The van der Waals surface area contributed by atoms with Gasteiger partial charge in [0.25, 0.3) is 11.8 Å². The van der Waals surface area contributed by atoms with Gasteiger partial charge in [-0.05, 0) is 31.5 Å². The molecule has 31 heavy (non-hydrogen) atoms. The molecule has 1 unspecified atom stereocenters. The molecule has 0 fully saturated rings. The highest BCUT2D eigenvalue weighted by Crippen LogP contribution is 2.38. The van der Waals surface area contributed by atoms with Crippen molar-refractivity contribution in [3.8, 4) is 23.6 Å². The zero-order valence-electron chi connectivity index (χ0n) is 17.0. The molecule has 0 aromatic carbocycles. The molecule has 2 amide bonds. The number of nitrogens with one attached hydrogen (secondary N) is 1. The Bertz CT molecular complexity index is 1230. The van der Waals surface area contributed by atoms with Gasteiger partial charge in [-0.15, -0.1) is 18.0 Å². The van der Waals surface area contributed by atoms with E-state index in [1.54, 1.807) is 34.2 Å². The smallest absolute Gasteiger partial charge is 0.261 e. The highest BCUT2D eigenvalue weighted by atomic mass is 35.5. The molecule has 1 N–H and O–H groups in total. The van der Waals surface area contributed by atoms with Crippen LogP contribution < -0.4 is 10.2 Å². The standard InChI is InChI=1S/C22H19ClN6O2/c1-4-5-25-21(30)16-7-15(8-24-9-16)18-6-13(2)19-20(27-18)14(3)29(22(19)31)17-10-26-28(11-17)12-23/h1,6-11,14H,5,12H2,2-3H3,(H,25,30). The number of halogens is 1. The van der Waals surface area contributed by atoms with Crippen LogP contribution in [0.5, 0.6) is 0 Å². The van der Waals surface area contributed by atoms with Gasteiger partial charge in [0.15, 0.2) is 0 Å². The van der Waals surface area contributed by atoms with Crippen LogP contribution in [0.15, 0.2) is 36.9 Å². The largest absolute Gasteiger partial charge is 0.341 e. The van der Waals surface area contributed by atoms with Gasteiger partial charge < -0.3 is 5.32 Å². The van der Waals surface area contributed by atoms with Crippen molar-refractivity contribution < 1.29 is 9.59 Å². The van der Waals surface area contributed by atoms with Gasteiger partial charge in [0.1, 0.15) is 6.00 Å². The van der Waals surface area contributed by atoms with E-state index in [0.717, 1.165) is 5.56 Å². The van der Waals surface area contributed by atoms with E-state index in [9.17, 15) is 9.59 Å². The van der Waals surface area contributed by atoms with Crippen molar-refractivity contribution in [1.29, 1.82) is 0 Å². The summed E-state index contributed by atoms with van der Waals surface area (Å²) in [4.78, 5) is 36.0. The second-order valence-corrected chi connectivity index (χ2v) is 7.38. The summed E-state index contributed by atoms with van der Waals surface area (Å²) in [6.45, 7) is 3.92. The summed E-state index contributed by atoms with van der Waals surface area (Å²) < 4.78 is 1.55. The fourth-order valence-corrected chi connectivity index (χ4v) is 3.80. The van der Waals surface area contributed by atoms with Gasteiger partial charge in [0.2, 0.25) is 0 Å². The van der Waals surface area contributed by atoms with E-state index in [-0.39, 0.29) is 30.4 Å². The number of nitrogens with zero attached hydrogens (tertiary/aromatic N) is 5. The van der Waals surface area contributed by atoms with Gasteiger partial charge in [-0.3, -0.25) is 24.2 Å². The summed E-state index contributed by atoms with van der Waals surface area (Å²) >= 11 is 5.83. The fourth-order valence-electron chi connectivity index (χ4n) is 3.67. The molecule has 1 atom stereocenters. The Morgan fingerprint density at radius 2 is 2.13 bits per heavy atom. The molecule has 8 nitrogen and oxygen atoms in total. The van der Waals surface area contributed by atoms with Crippen LogP contribution in [0.2, 0.25) is 0 Å². The molecular weight excluding hydrogens is 416 g/mol. The van der Waals surface area contributed by atoms with E-state index in [1.165, 1.54) is 6.20 Å². The van der Waals surface area contributed by atoms with Crippen molar-refractivity contribution in [1.82, 2.24) is 25.1 Å². The van der Waals surface area contributed by atoms with E-state index in [2.05, 4.69) is 21.3 Å². The molecule has 3 aromatic rings. The first-order valence-electron chi connectivity index (χ1n) is 9.55. The third-order valence-electron chi connectivity index (χ3n) is 5.13. The van der Waals surface area contributed by atoms with E-state index >= 15 is 0 Å². The van der Waals surface area contributed by atoms with Crippen molar-refractivity contribution >= 4 is 29.1 Å². The summed E-state index contributed by atoms with van der Waals surface area (Å²) in [5.74, 6) is 1.93. The van der Waals surface area contributed by atoms with Crippen molar-refractivity contribution in [2.75, 3.05) is 11.4 Å².